The summed E-state index contributed by atoms with van der Waals surface area (Å²) in [7, 11) is 0. The molecule has 2 saturated carbocycles. The van der Waals surface area contributed by atoms with Gasteiger partial charge in [-0.3, -0.25) is 4.79 Å². The van der Waals surface area contributed by atoms with Gasteiger partial charge < -0.3 is 19.7 Å². The lowest BCUT2D eigenvalue weighted by atomic mass is 9.49. The number of anilines is 1. The highest BCUT2D eigenvalue weighted by Crippen LogP contribution is 2.55. The van der Waals surface area contributed by atoms with Crippen LogP contribution in [0.15, 0.2) is 30.3 Å². The maximum Gasteiger partial charge on any atom is 0.272 e. The SMILES string of the molecule is CC1(C)C(NC(=O)c2ccc(N3C[C@@H]4[C@@H](C=O)[C@@H]4C3)nn2)C(C)(C)C1Oc1ccc(C#N)c(Cl)c1. The second-order valence-electron chi connectivity index (χ2n) is 11.0. The Kier molecular flexibility index (Phi) is 5.52. The number of piperidine rings is 1. The van der Waals surface area contributed by atoms with Crippen molar-refractivity contribution in [2.45, 2.75) is 39.8 Å². The lowest BCUT2D eigenvalue weighted by molar-refractivity contribution is -0.164. The number of aromatic nitrogens is 2. The maximum absolute atomic E-state index is 13.0. The average Bonchev–Trinajstić information content (AvgIpc) is 3.30. The number of hydrogen-bond donors (Lipinski definition) is 1. The van der Waals surface area contributed by atoms with Gasteiger partial charge in [-0.1, -0.05) is 39.3 Å². The van der Waals surface area contributed by atoms with Crippen molar-refractivity contribution >= 4 is 29.6 Å². The van der Waals surface area contributed by atoms with Crippen LogP contribution < -0.4 is 15.0 Å². The van der Waals surface area contributed by atoms with Gasteiger partial charge in [0, 0.05) is 41.9 Å². The van der Waals surface area contributed by atoms with Crippen LogP contribution in [-0.2, 0) is 4.79 Å². The number of aldehydes is 1. The summed E-state index contributed by atoms with van der Waals surface area (Å²) < 4.78 is 6.28. The summed E-state index contributed by atoms with van der Waals surface area (Å²) in [5.74, 6) is 2.09. The smallest absolute Gasteiger partial charge is 0.272 e. The molecular formula is C26H28ClN5O3. The molecule has 182 valence electrons. The molecule has 1 saturated heterocycles. The number of hydrogen-bond acceptors (Lipinski definition) is 7. The van der Waals surface area contributed by atoms with Crippen molar-refractivity contribution in [3.05, 3.63) is 46.6 Å². The first-order valence-corrected chi connectivity index (χ1v) is 12.2. The maximum atomic E-state index is 13.0. The standard InChI is InChI=1S/C26H28ClN5O3/c1-25(2)23(26(3,4)24(25)35-15-6-5-14(10-28)19(27)9-15)29-22(34)20-7-8-21(31-30-20)32-11-16-17(12-32)18(16)13-33/h5-9,13,16-18,23-24H,11-12H2,1-4H3,(H,29,34)/t16-,17+,18+,23?,24?. The van der Waals surface area contributed by atoms with E-state index in [9.17, 15) is 9.59 Å². The van der Waals surface area contributed by atoms with Crippen molar-refractivity contribution in [2.75, 3.05) is 18.0 Å². The molecule has 3 fully saturated rings. The number of halogens is 1. The molecule has 2 heterocycles. The molecule has 5 rings (SSSR count). The largest absolute Gasteiger partial charge is 0.489 e. The van der Waals surface area contributed by atoms with Gasteiger partial charge in [0.25, 0.3) is 5.91 Å². The fraction of sp³-hybridized carbons (Fsp3) is 0.500. The number of carbonyl (C=O) groups excluding carboxylic acids is 2. The Balaban J connectivity index is 1.23. The molecule has 3 aliphatic rings. The number of nitrogens with zero attached hydrogens (tertiary/aromatic N) is 4. The summed E-state index contributed by atoms with van der Waals surface area (Å²) >= 11 is 6.17. The number of carbonyl (C=O) groups is 2. The predicted octanol–water partition coefficient (Wildman–Crippen LogP) is 3.49. The number of rotatable bonds is 6. The highest BCUT2D eigenvalue weighted by Gasteiger charge is 2.64. The van der Waals surface area contributed by atoms with Gasteiger partial charge in [0.15, 0.2) is 11.5 Å². The monoisotopic (exact) mass is 493 g/mol. The minimum atomic E-state index is -0.362. The summed E-state index contributed by atoms with van der Waals surface area (Å²) in [6, 6.07) is 10.4. The van der Waals surface area contributed by atoms with E-state index >= 15 is 0 Å². The van der Waals surface area contributed by atoms with Gasteiger partial charge in [0.2, 0.25) is 0 Å². The van der Waals surface area contributed by atoms with Gasteiger partial charge in [0.05, 0.1) is 10.6 Å². The molecule has 1 aliphatic heterocycles. The summed E-state index contributed by atoms with van der Waals surface area (Å²) in [5.41, 5.74) is -0.0640. The number of benzene rings is 1. The van der Waals surface area contributed by atoms with E-state index in [1.807, 2.05) is 12.1 Å². The van der Waals surface area contributed by atoms with Gasteiger partial charge >= 0.3 is 0 Å². The molecular weight excluding hydrogens is 466 g/mol. The van der Waals surface area contributed by atoms with Crippen molar-refractivity contribution < 1.29 is 14.3 Å². The molecule has 0 spiro atoms. The van der Waals surface area contributed by atoms with Gasteiger partial charge in [-0.25, -0.2) is 0 Å². The van der Waals surface area contributed by atoms with E-state index < -0.39 is 0 Å². The summed E-state index contributed by atoms with van der Waals surface area (Å²) in [6.45, 7) is 9.84. The van der Waals surface area contributed by atoms with Crippen LogP contribution in [0.4, 0.5) is 5.82 Å². The molecule has 1 amide bonds. The van der Waals surface area contributed by atoms with Crippen LogP contribution in [0.1, 0.15) is 43.7 Å². The number of ether oxygens (including phenoxy) is 1. The Morgan fingerprint density at radius 1 is 1.17 bits per heavy atom. The molecule has 8 nitrogen and oxygen atoms in total. The minimum absolute atomic E-state index is 0.159. The molecule has 0 bridgehead atoms. The van der Waals surface area contributed by atoms with Crippen LogP contribution in [0.25, 0.3) is 0 Å². The van der Waals surface area contributed by atoms with Gasteiger partial charge in [-0.15, -0.1) is 10.2 Å². The summed E-state index contributed by atoms with van der Waals surface area (Å²) in [6.07, 6.45) is 0.874. The molecule has 1 aromatic carbocycles. The number of nitriles is 1. The summed E-state index contributed by atoms with van der Waals surface area (Å²) in [4.78, 5) is 26.1. The van der Waals surface area contributed by atoms with Crippen molar-refractivity contribution in [1.29, 1.82) is 5.26 Å². The van der Waals surface area contributed by atoms with Gasteiger partial charge in [0.1, 0.15) is 24.2 Å². The lowest BCUT2D eigenvalue weighted by Gasteiger charge is -2.63. The molecule has 35 heavy (non-hydrogen) atoms. The molecule has 2 aliphatic carbocycles. The van der Waals surface area contributed by atoms with Crippen molar-refractivity contribution in [3.8, 4) is 11.8 Å². The Morgan fingerprint density at radius 3 is 2.40 bits per heavy atom. The van der Waals surface area contributed by atoms with Crippen LogP contribution in [0, 0.1) is 39.9 Å². The first-order chi connectivity index (χ1) is 16.6. The lowest BCUT2D eigenvalue weighted by Crippen LogP contribution is -2.74. The van der Waals surface area contributed by atoms with E-state index in [1.54, 1.807) is 24.3 Å². The second kappa shape index (κ2) is 8.20. The van der Waals surface area contributed by atoms with Crippen molar-refractivity contribution in [3.63, 3.8) is 0 Å². The third-order valence-corrected chi connectivity index (χ3v) is 8.37. The highest BCUT2D eigenvalue weighted by molar-refractivity contribution is 6.31. The first kappa shape index (κ1) is 23.6. The fourth-order valence-electron chi connectivity index (χ4n) is 6.38. The molecule has 0 radical (unpaired) electrons. The van der Waals surface area contributed by atoms with E-state index in [4.69, 9.17) is 21.6 Å². The molecule has 1 N–H and O–H groups in total. The Bertz CT molecular complexity index is 1190. The van der Waals surface area contributed by atoms with Crippen LogP contribution in [0.2, 0.25) is 5.02 Å². The minimum Gasteiger partial charge on any atom is -0.489 e. The number of nitrogens with one attached hydrogen (secondary N) is 1. The van der Waals surface area contributed by atoms with Crippen LogP contribution in [-0.4, -0.2) is 47.6 Å². The van der Waals surface area contributed by atoms with E-state index in [0.717, 1.165) is 25.2 Å². The van der Waals surface area contributed by atoms with Gasteiger partial charge in [-0.05, 0) is 36.1 Å². The van der Waals surface area contributed by atoms with Crippen LogP contribution >= 0.6 is 11.6 Å². The normalized spacial score (nSPS) is 29.4. The molecule has 9 heteroatoms. The second-order valence-corrected chi connectivity index (χ2v) is 11.4. The predicted molar refractivity (Wildman–Crippen MR) is 130 cm³/mol. The third-order valence-electron chi connectivity index (χ3n) is 8.05. The van der Waals surface area contributed by atoms with E-state index in [0.29, 0.717) is 28.2 Å². The van der Waals surface area contributed by atoms with Gasteiger partial charge in [-0.2, -0.15) is 5.26 Å². The third kappa shape index (κ3) is 3.82. The Hall–Kier alpha value is -3.18. The Morgan fingerprint density at radius 2 is 1.86 bits per heavy atom. The molecule has 1 aromatic heterocycles. The quantitative estimate of drug-likeness (QED) is 0.613. The zero-order valence-corrected chi connectivity index (χ0v) is 20.9. The first-order valence-electron chi connectivity index (χ1n) is 11.8. The highest BCUT2D eigenvalue weighted by atomic mass is 35.5. The topological polar surface area (TPSA) is 108 Å². The Labute approximate surface area is 209 Å². The number of fused-ring (bicyclic) bond motifs is 1. The van der Waals surface area contributed by atoms with E-state index in [2.05, 4.69) is 48.1 Å². The zero-order valence-electron chi connectivity index (χ0n) is 20.2. The zero-order chi connectivity index (χ0) is 25.1. The number of amides is 1. The van der Waals surface area contributed by atoms with Crippen molar-refractivity contribution in [2.24, 2.45) is 28.6 Å². The molecule has 2 aromatic rings. The van der Waals surface area contributed by atoms with Crippen LogP contribution in [0.5, 0.6) is 5.75 Å². The molecule has 0 unspecified atom stereocenters. The van der Waals surface area contributed by atoms with E-state index in [-0.39, 0.29) is 40.5 Å². The van der Waals surface area contributed by atoms with Crippen LogP contribution in [0.3, 0.4) is 0 Å². The molecule has 3 atom stereocenters. The van der Waals surface area contributed by atoms with Crippen molar-refractivity contribution in [1.82, 2.24) is 15.5 Å². The van der Waals surface area contributed by atoms with E-state index in [1.165, 1.54) is 0 Å². The summed E-state index contributed by atoms with van der Waals surface area (Å²) in [5, 5.41) is 21.0. The fourth-order valence-corrected chi connectivity index (χ4v) is 6.59. The average molecular weight is 494 g/mol.